The molecule has 1 saturated carbocycles. The van der Waals surface area contributed by atoms with Crippen molar-refractivity contribution in [2.45, 2.75) is 37.8 Å². The highest BCUT2D eigenvalue weighted by Crippen LogP contribution is 2.47. The first-order chi connectivity index (χ1) is 16.6. The van der Waals surface area contributed by atoms with E-state index in [4.69, 9.17) is 0 Å². The Balaban J connectivity index is 1.68. The molecule has 1 aliphatic rings. The minimum atomic E-state index is -3.83. The van der Waals surface area contributed by atoms with Crippen molar-refractivity contribution in [2.75, 3.05) is 12.4 Å². The van der Waals surface area contributed by atoms with E-state index >= 15 is 0 Å². The zero-order chi connectivity index (χ0) is 25.0. The topological polar surface area (TPSA) is 122 Å². The predicted molar refractivity (Wildman–Crippen MR) is 128 cm³/mol. The van der Waals surface area contributed by atoms with Crippen molar-refractivity contribution in [3.05, 3.63) is 67.0 Å². The maximum absolute atomic E-state index is 13.4. The summed E-state index contributed by atoms with van der Waals surface area (Å²) in [5.74, 6) is -0.310. The number of sulfone groups is 1. The van der Waals surface area contributed by atoms with E-state index in [9.17, 15) is 22.4 Å². The van der Waals surface area contributed by atoms with Gasteiger partial charge < -0.3 is 0 Å². The van der Waals surface area contributed by atoms with Gasteiger partial charge in [-0.3, -0.25) is 23.0 Å². The number of benzene rings is 1. The molecule has 3 aromatic heterocycles. The van der Waals surface area contributed by atoms with Gasteiger partial charge in [0.15, 0.2) is 9.84 Å². The quantitative estimate of drug-likeness (QED) is 0.348. The van der Waals surface area contributed by atoms with Crippen LogP contribution >= 0.6 is 11.3 Å². The van der Waals surface area contributed by atoms with Gasteiger partial charge in [-0.25, -0.2) is 13.2 Å². The summed E-state index contributed by atoms with van der Waals surface area (Å²) in [5.41, 5.74) is -1.05. The fraction of sp³-hybridized carbons (Fsp3) is 0.409. The average molecular weight is 519 g/mol. The third kappa shape index (κ3) is 4.45. The number of halogens is 1. The average Bonchev–Trinajstić information content (AvgIpc) is 3.26. The zero-order valence-electron chi connectivity index (χ0n) is 19.1. The minimum Gasteiger partial charge on any atom is -0.286 e. The number of hydrogen-bond donors (Lipinski definition) is 0. The molecule has 13 heteroatoms. The molecule has 1 fully saturated rings. The number of aromatic nitrogens is 6. The van der Waals surface area contributed by atoms with Crippen LogP contribution in [-0.2, 0) is 30.0 Å². The summed E-state index contributed by atoms with van der Waals surface area (Å²) in [6.07, 6.45) is 4.30. The highest BCUT2D eigenvalue weighted by molar-refractivity contribution is 7.91. The molecule has 0 aliphatic heterocycles. The number of alkyl halides is 1. The van der Waals surface area contributed by atoms with Crippen LogP contribution < -0.4 is 11.2 Å². The molecule has 35 heavy (non-hydrogen) atoms. The molecule has 184 valence electrons. The molecule has 0 atom stereocenters. The van der Waals surface area contributed by atoms with Crippen LogP contribution in [0.4, 0.5) is 4.39 Å². The summed E-state index contributed by atoms with van der Waals surface area (Å²) < 4.78 is 43.5. The zero-order valence-corrected chi connectivity index (χ0v) is 20.8. The number of aryl methyl sites for hydroxylation is 2. The fourth-order valence-corrected chi connectivity index (χ4v) is 6.75. The standard InChI is InChI=1S/C22H23FN6O4S2/c1-14-25-26-19(34-14)11-28-18-4-3-16(35(32,33)13-22(12-23)5-6-22)7-17(18)20(30)29(21(28)31)10-15-8-24-27(2)9-15/h3-4,7-9H,5-6,10-13H2,1-2H3. The molecular weight excluding hydrogens is 495 g/mol. The summed E-state index contributed by atoms with van der Waals surface area (Å²) in [6, 6.07) is 4.13. The van der Waals surface area contributed by atoms with E-state index in [1.165, 1.54) is 34.1 Å². The van der Waals surface area contributed by atoms with Crippen LogP contribution in [-0.4, -0.2) is 50.0 Å². The highest BCUT2D eigenvalue weighted by Gasteiger charge is 2.46. The normalized spacial score (nSPS) is 15.1. The second kappa shape index (κ2) is 8.48. The van der Waals surface area contributed by atoms with Gasteiger partial charge in [-0.1, -0.05) is 11.3 Å². The Morgan fingerprint density at radius 1 is 1.14 bits per heavy atom. The van der Waals surface area contributed by atoms with Crippen molar-refractivity contribution in [1.29, 1.82) is 0 Å². The molecule has 0 N–H and O–H groups in total. The van der Waals surface area contributed by atoms with Crippen molar-refractivity contribution in [3.63, 3.8) is 0 Å². The largest absolute Gasteiger partial charge is 0.332 e. The number of rotatable bonds is 8. The first kappa shape index (κ1) is 23.5. The molecular formula is C22H23FN6O4S2. The predicted octanol–water partition coefficient (Wildman–Crippen LogP) is 1.68. The summed E-state index contributed by atoms with van der Waals surface area (Å²) in [7, 11) is -2.11. The van der Waals surface area contributed by atoms with Gasteiger partial charge in [0.05, 0.1) is 47.5 Å². The van der Waals surface area contributed by atoms with E-state index in [2.05, 4.69) is 15.3 Å². The second-order valence-corrected chi connectivity index (χ2v) is 12.3. The fourth-order valence-electron chi connectivity index (χ4n) is 4.14. The van der Waals surface area contributed by atoms with Gasteiger partial charge in [-0.05, 0) is 38.0 Å². The van der Waals surface area contributed by atoms with Gasteiger partial charge in [0.25, 0.3) is 5.56 Å². The first-order valence-corrected chi connectivity index (χ1v) is 13.4. The SMILES string of the molecule is Cc1nnc(Cn2c(=O)n(Cc3cnn(C)c3)c(=O)c3cc(S(=O)(=O)CC4(CF)CC4)ccc32)s1. The Morgan fingerprint density at radius 3 is 2.51 bits per heavy atom. The molecule has 0 radical (unpaired) electrons. The Labute approximate surface area is 203 Å². The van der Waals surface area contributed by atoms with E-state index in [1.54, 1.807) is 31.0 Å². The summed E-state index contributed by atoms with van der Waals surface area (Å²) >= 11 is 1.33. The smallest absolute Gasteiger partial charge is 0.286 e. The van der Waals surface area contributed by atoms with Crippen molar-refractivity contribution >= 4 is 32.1 Å². The summed E-state index contributed by atoms with van der Waals surface area (Å²) in [5, 5.41) is 13.6. The molecule has 0 bridgehead atoms. The molecule has 0 saturated heterocycles. The molecule has 10 nitrogen and oxygen atoms in total. The third-order valence-corrected chi connectivity index (χ3v) is 9.04. The first-order valence-electron chi connectivity index (χ1n) is 10.9. The van der Waals surface area contributed by atoms with Gasteiger partial charge in [-0.15, -0.1) is 10.2 Å². The minimum absolute atomic E-state index is 0.0292. The van der Waals surface area contributed by atoms with Crippen LogP contribution in [0.25, 0.3) is 10.9 Å². The molecule has 0 spiro atoms. The summed E-state index contributed by atoms with van der Waals surface area (Å²) in [4.78, 5) is 26.8. The Bertz CT molecular complexity index is 1660. The van der Waals surface area contributed by atoms with Crippen LogP contribution in [0.15, 0.2) is 45.1 Å². The van der Waals surface area contributed by atoms with Gasteiger partial charge in [0, 0.05) is 24.2 Å². The Hall–Kier alpha value is -3.19. The van der Waals surface area contributed by atoms with Crippen molar-refractivity contribution in [2.24, 2.45) is 12.5 Å². The number of hydrogen-bond acceptors (Lipinski definition) is 8. The van der Waals surface area contributed by atoms with E-state index in [-0.39, 0.29) is 29.1 Å². The molecule has 3 heterocycles. The number of fused-ring (bicyclic) bond motifs is 1. The van der Waals surface area contributed by atoms with Crippen molar-refractivity contribution in [3.8, 4) is 0 Å². The molecule has 0 amide bonds. The van der Waals surface area contributed by atoms with Crippen LogP contribution in [0.1, 0.15) is 28.4 Å². The molecule has 1 aromatic carbocycles. The van der Waals surface area contributed by atoms with Crippen LogP contribution in [0.2, 0.25) is 0 Å². The number of nitrogens with zero attached hydrogens (tertiary/aromatic N) is 6. The third-order valence-electron chi connectivity index (χ3n) is 6.25. The van der Waals surface area contributed by atoms with E-state index < -0.39 is 33.2 Å². The van der Waals surface area contributed by atoms with E-state index in [0.29, 0.717) is 28.9 Å². The molecule has 4 aromatic rings. The summed E-state index contributed by atoms with van der Waals surface area (Å²) in [6.45, 7) is 1.15. The van der Waals surface area contributed by atoms with Crippen LogP contribution in [0, 0.1) is 12.3 Å². The lowest BCUT2D eigenvalue weighted by Crippen LogP contribution is -2.40. The molecule has 1 aliphatic carbocycles. The van der Waals surface area contributed by atoms with Crippen LogP contribution in [0.5, 0.6) is 0 Å². The maximum atomic E-state index is 13.4. The lowest BCUT2D eigenvalue weighted by molar-refractivity contribution is 0.367. The maximum Gasteiger partial charge on any atom is 0.332 e. The molecule has 0 unspecified atom stereocenters. The van der Waals surface area contributed by atoms with Gasteiger partial charge in [-0.2, -0.15) is 5.10 Å². The lowest BCUT2D eigenvalue weighted by Gasteiger charge is -2.15. The Morgan fingerprint density at radius 2 is 1.91 bits per heavy atom. The van der Waals surface area contributed by atoms with Gasteiger partial charge in [0.1, 0.15) is 10.0 Å². The lowest BCUT2D eigenvalue weighted by atomic mass is 10.2. The van der Waals surface area contributed by atoms with Gasteiger partial charge in [0.2, 0.25) is 0 Å². The second-order valence-electron chi connectivity index (χ2n) is 9.07. The Kier molecular flexibility index (Phi) is 5.71. The van der Waals surface area contributed by atoms with Crippen LogP contribution in [0.3, 0.4) is 0 Å². The van der Waals surface area contributed by atoms with Crippen molar-refractivity contribution < 1.29 is 12.8 Å². The van der Waals surface area contributed by atoms with E-state index in [0.717, 1.165) is 9.57 Å². The monoisotopic (exact) mass is 518 g/mol. The highest BCUT2D eigenvalue weighted by atomic mass is 32.2. The van der Waals surface area contributed by atoms with E-state index in [1.807, 2.05) is 0 Å². The molecule has 5 rings (SSSR count). The van der Waals surface area contributed by atoms with Crippen molar-refractivity contribution in [1.82, 2.24) is 29.1 Å². The van der Waals surface area contributed by atoms with Gasteiger partial charge >= 0.3 is 5.69 Å².